The van der Waals surface area contributed by atoms with Crippen LogP contribution in [-0.2, 0) is 9.84 Å². The average Bonchev–Trinajstić information content (AvgIpc) is 3.17. The van der Waals surface area contributed by atoms with Gasteiger partial charge in [-0.25, -0.2) is 8.42 Å². The summed E-state index contributed by atoms with van der Waals surface area (Å²) >= 11 is 0. The molecule has 4 nitrogen and oxygen atoms in total. The molecular weight excluding hydrogens is 260 g/mol. The molecule has 1 N–H and O–H groups in total. The van der Waals surface area contributed by atoms with Gasteiger partial charge < -0.3 is 10.2 Å². The van der Waals surface area contributed by atoms with E-state index >= 15 is 0 Å². The summed E-state index contributed by atoms with van der Waals surface area (Å²) in [6, 6.07) is 0.832. The third-order valence-corrected chi connectivity index (χ3v) is 5.77. The van der Waals surface area contributed by atoms with Crippen LogP contribution in [-0.4, -0.2) is 57.0 Å². The van der Waals surface area contributed by atoms with E-state index < -0.39 is 9.84 Å². The minimum atomic E-state index is -2.75. The van der Waals surface area contributed by atoms with Crippen molar-refractivity contribution in [1.29, 1.82) is 0 Å². The van der Waals surface area contributed by atoms with Crippen LogP contribution < -0.4 is 5.32 Å². The van der Waals surface area contributed by atoms with Crippen LogP contribution in [0.2, 0.25) is 0 Å². The first-order chi connectivity index (χ1) is 9.16. The number of nitrogens with zero attached hydrogens (tertiary/aromatic N) is 1. The van der Waals surface area contributed by atoms with E-state index in [9.17, 15) is 8.42 Å². The van der Waals surface area contributed by atoms with Gasteiger partial charge in [-0.05, 0) is 51.7 Å². The zero-order chi connectivity index (χ0) is 13.6. The Bertz CT molecular complexity index is 352. The second-order valence-corrected chi connectivity index (χ2v) is 8.29. The Hall–Kier alpha value is -0.130. The normalized spacial score (nSPS) is 24.2. The molecule has 0 unspecified atom stereocenters. The summed E-state index contributed by atoms with van der Waals surface area (Å²) in [7, 11) is -2.75. The summed E-state index contributed by atoms with van der Waals surface area (Å²) in [5.74, 6) is 0.745. The summed E-state index contributed by atoms with van der Waals surface area (Å²) in [4.78, 5) is 2.33. The van der Waals surface area contributed by atoms with Crippen molar-refractivity contribution < 1.29 is 8.42 Å². The summed E-state index contributed by atoms with van der Waals surface area (Å²) < 4.78 is 23.0. The standard InChI is InChI=1S/C14H28N2O2S/c17-19(18)12-5-10-16(11-13-19)9-4-2-1-3-8-15-14-6-7-14/h14-15H,1-13H2. The SMILES string of the molecule is O=S1(=O)CCCN(CCCCCCNC2CC2)CC1. The van der Waals surface area contributed by atoms with Gasteiger partial charge in [-0.2, -0.15) is 0 Å². The maximum Gasteiger partial charge on any atom is 0.151 e. The summed E-state index contributed by atoms with van der Waals surface area (Å²) in [6.07, 6.45) is 8.62. The van der Waals surface area contributed by atoms with E-state index in [4.69, 9.17) is 0 Å². The molecule has 0 aromatic heterocycles. The Labute approximate surface area is 117 Å². The highest BCUT2D eigenvalue weighted by atomic mass is 32.2. The molecule has 112 valence electrons. The van der Waals surface area contributed by atoms with Gasteiger partial charge in [-0.3, -0.25) is 0 Å². The van der Waals surface area contributed by atoms with Crippen LogP contribution in [0.4, 0.5) is 0 Å². The Kier molecular flexibility index (Phi) is 6.10. The lowest BCUT2D eigenvalue weighted by atomic mass is 10.2. The molecule has 2 aliphatic rings. The molecule has 0 radical (unpaired) electrons. The van der Waals surface area contributed by atoms with Crippen molar-refractivity contribution in [3.05, 3.63) is 0 Å². The van der Waals surface area contributed by atoms with Crippen molar-refractivity contribution in [2.75, 3.05) is 37.7 Å². The fourth-order valence-corrected chi connectivity index (χ4v) is 3.93. The molecule has 1 saturated carbocycles. The maximum atomic E-state index is 11.5. The third kappa shape index (κ3) is 6.72. The van der Waals surface area contributed by atoms with Crippen molar-refractivity contribution in [3.63, 3.8) is 0 Å². The van der Waals surface area contributed by atoms with Gasteiger partial charge >= 0.3 is 0 Å². The number of hydrogen-bond acceptors (Lipinski definition) is 4. The highest BCUT2D eigenvalue weighted by Crippen LogP contribution is 2.18. The van der Waals surface area contributed by atoms with Crippen LogP contribution in [0.15, 0.2) is 0 Å². The second-order valence-electron chi connectivity index (χ2n) is 5.99. The fourth-order valence-electron chi connectivity index (χ4n) is 2.62. The highest BCUT2D eigenvalue weighted by molar-refractivity contribution is 7.91. The summed E-state index contributed by atoms with van der Waals surface area (Å²) in [5, 5.41) is 3.54. The molecule has 1 aliphatic heterocycles. The molecule has 0 amide bonds. The first-order valence-corrected chi connectivity index (χ1v) is 9.64. The van der Waals surface area contributed by atoms with Gasteiger partial charge in [0, 0.05) is 12.6 Å². The van der Waals surface area contributed by atoms with E-state index in [0.29, 0.717) is 11.5 Å². The molecule has 5 heteroatoms. The zero-order valence-corrected chi connectivity index (χ0v) is 12.8. The molecule has 19 heavy (non-hydrogen) atoms. The summed E-state index contributed by atoms with van der Waals surface area (Å²) in [6.45, 7) is 3.95. The van der Waals surface area contributed by atoms with Crippen LogP contribution in [0, 0.1) is 0 Å². The van der Waals surface area contributed by atoms with Crippen LogP contribution >= 0.6 is 0 Å². The summed E-state index contributed by atoms with van der Waals surface area (Å²) in [5.41, 5.74) is 0. The number of sulfone groups is 1. The van der Waals surface area contributed by atoms with Gasteiger partial charge in [0.05, 0.1) is 11.5 Å². The van der Waals surface area contributed by atoms with Gasteiger partial charge in [-0.15, -0.1) is 0 Å². The van der Waals surface area contributed by atoms with Crippen molar-refractivity contribution in [3.8, 4) is 0 Å². The quantitative estimate of drug-likeness (QED) is 0.686. The van der Waals surface area contributed by atoms with Gasteiger partial charge in [0.2, 0.25) is 0 Å². The van der Waals surface area contributed by atoms with E-state index in [0.717, 1.165) is 32.1 Å². The van der Waals surface area contributed by atoms with Gasteiger partial charge in [0.15, 0.2) is 9.84 Å². The maximum absolute atomic E-state index is 11.5. The first-order valence-electron chi connectivity index (χ1n) is 7.82. The number of nitrogens with one attached hydrogen (secondary N) is 1. The van der Waals surface area contributed by atoms with Crippen molar-refractivity contribution >= 4 is 9.84 Å². The van der Waals surface area contributed by atoms with E-state index in [2.05, 4.69) is 10.2 Å². The van der Waals surface area contributed by atoms with Crippen molar-refractivity contribution in [1.82, 2.24) is 10.2 Å². The smallest absolute Gasteiger partial charge is 0.151 e. The first kappa shape index (κ1) is 15.3. The lowest BCUT2D eigenvalue weighted by Gasteiger charge is -2.18. The Morgan fingerprint density at radius 3 is 2.58 bits per heavy atom. The predicted molar refractivity (Wildman–Crippen MR) is 79.2 cm³/mol. The Balaban J connectivity index is 1.45. The van der Waals surface area contributed by atoms with Crippen LogP contribution in [0.3, 0.4) is 0 Å². The minimum Gasteiger partial charge on any atom is -0.314 e. The molecule has 0 bridgehead atoms. The molecule has 1 heterocycles. The zero-order valence-electron chi connectivity index (χ0n) is 11.9. The monoisotopic (exact) mass is 288 g/mol. The molecule has 2 fully saturated rings. The minimum absolute atomic E-state index is 0.359. The lowest BCUT2D eigenvalue weighted by molar-refractivity contribution is 0.287. The highest BCUT2D eigenvalue weighted by Gasteiger charge is 2.19. The van der Waals surface area contributed by atoms with Gasteiger partial charge in [-0.1, -0.05) is 12.8 Å². The molecule has 0 aromatic carbocycles. The molecule has 0 aromatic rings. The second kappa shape index (κ2) is 7.60. The Morgan fingerprint density at radius 1 is 1.00 bits per heavy atom. The van der Waals surface area contributed by atoms with Crippen LogP contribution in [0.5, 0.6) is 0 Å². The fraction of sp³-hybridized carbons (Fsp3) is 1.00. The molecule has 0 atom stereocenters. The molecule has 1 aliphatic carbocycles. The van der Waals surface area contributed by atoms with E-state index in [1.807, 2.05) is 0 Å². The van der Waals surface area contributed by atoms with Gasteiger partial charge in [0.1, 0.15) is 0 Å². The third-order valence-electron chi connectivity index (χ3n) is 4.06. The van der Waals surface area contributed by atoms with Crippen LogP contribution in [0.1, 0.15) is 44.9 Å². The molecule has 2 rings (SSSR count). The topological polar surface area (TPSA) is 49.4 Å². The predicted octanol–water partition coefficient (Wildman–Crippen LogP) is 1.42. The molecule has 1 saturated heterocycles. The number of hydrogen-bond donors (Lipinski definition) is 1. The number of rotatable bonds is 8. The molecule has 0 spiro atoms. The molecular formula is C14H28N2O2S. The van der Waals surface area contributed by atoms with E-state index in [1.54, 1.807) is 0 Å². The van der Waals surface area contributed by atoms with Crippen molar-refractivity contribution in [2.24, 2.45) is 0 Å². The Morgan fingerprint density at radius 2 is 1.79 bits per heavy atom. The largest absolute Gasteiger partial charge is 0.314 e. The van der Waals surface area contributed by atoms with E-state index in [1.165, 1.54) is 45.1 Å². The average molecular weight is 288 g/mol. The van der Waals surface area contributed by atoms with E-state index in [-0.39, 0.29) is 0 Å². The lowest BCUT2D eigenvalue weighted by Crippen LogP contribution is -2.28. The van der Waals surface area contributed by atoms with Gasteiger partial charge in [0.25, 0.3) is 0 Å². The van der Waals surface area contributed by atoms with Crippen molar-refractivity contribution in [2.45, 2.75) is 51.0 Å². The number of unbranched alkanes of at least 4 members (excludes halogenated alkanes) is 3. The van der Waals surface area contributed by atoms with Crippen LogP contribution in [0.25, 0.3) is 0 Å².